The van der Waals surface area contributed by atoms with Crippen LogP contribution in [0.5, 0.6) is 28.7 Å². The average molecular weight is 447 g/mol. The third kappa shape index (κ3) is 4.69. The van der Waals surface area contributed by atoms with E-state index in [1.54, 1.807) is 30.3 Å². The van der Waals surface area contributed by atoms with Gasteiger partial charge in [-0.05, 0) is 66.1 Å². The van der Waals surface area contributed by atoms with Gasteiger partial charge >= 0.3 is 0 Å². The molecule has 0 saturated carbocycles. The fourth-order valence-electron chi connectivity index (χ4n) is 3.37. The minimum atomic E-state index is -0.327. The van der Waals surface area contributed by atoms with Crippen molar-refractivity contribution in [2.24, 2.45) is 0 Å². The molecule has 6 N–H and O–H groups in total. The van der Waals surface area contributed by atoms with Gasteiger partial charge in [0.25, 0.3) is 0 Å². The number of phenols is 5. The Morgan fingerprint density at radius 2 is 1.52 bits per heavy atom. The number of nitrogens with one attached hydrogen (secondary N) is 1. The fraction of sp³-hybridized carbons (Fsp3) is 0.0800. The van der Waals surface area contributed by atoms with Crippen LogP contribution in [0.2, 0.25) is 0 Å². The molecule has 1 aromatic heterocycles. The van der Waals surface area contributed by atoms with Gasteiger partial charge in [-0.3, -0.25) is 4.79 Å². The summed E-state index contributed by atoms with van der Waals surface area (Å²) in [5.74, 6) is -0.985. The first-order valence-electron chi connectivity index (χ1n) is 10.1. The average Bonchev–Trinajstić information content (AvgIpc) is 3.24. The number of phenolic OH excluding ortho intramolecular Hbond substituents is 5. The summed E-state index contributed by atoms with van der Waals surface area (Å²) in [5, 5.41) is 51.6. The second-order valence-electron chi connectivity index (χ2n) is 7.43. The predicted molar refractivity (Wildman–Crippen MR) is 122 cm³/mol. The molecule has 0 atom stereocenters. The highest BCUT2D eigenvalue weighted by Crippen LogP contribution is 2.37. The van der Waals surface area contributed by atoms with E-state index in [1.807, 2.05) is 0 Å². The SMILES string of the molecule is O=C(/C=C/c1ccc(O)c2oc(-c3ccc(O)c(O)c3)cc12)NCCc1ccc(O)c(O)c1. The molecule has 0 unspecified atom stereocenters. The first-order chi connectivity index (χ1) is 15.8. The van der Waals surface area contributed by atoms with E-state index in [9.17, 15) is 30.3 Å². The number of carbonyl (C=O) groups is 1. The zero-order valence-electron chi connectivity index (χ0n) is 17.3. The summed E-state index contributed by atoms with van der Waals surface area (Å²) >= 11 is 0. The molecular formula is C25H21NO7. The molecule has 4 rings (SSSR count). The van der Waals surface area contributed by atoms with Crippen LogP contribution in [0, 0.1) is 0 Å². The van der Waals surface area contributed by atoms with Crippen molar-refractivity contribution in [3.8, 4) is 40.1 Å². The van der Waals surface area contributed by atoms with Crippen molar-refractivity contribution in [1.29, 1.82) is 0 Å². The number of benzene rings is 3. The summed E-state index contributed by atoms with van der Waals surface area (Å²) in [4.78, 5) is 12.2. The van der Waals surface area contributed by atoms with Crippen LogP contribution in [-0.2, 0) is 11.2 Å². The number of aromatic hydroxyl groups is 5. The Bertz CT molecular complexity index is 1370. The van der Waals surface area contributed by atoms with Crippen molar-refractivity contribution in [3.63, 3.8) is 0 Å². The van der Waals surface area contributed by atoms with E-state index in [-0.39, 0.29) is 40.2 Å². The topological polar surface area (TPSA) is 143 Å². The first-order valence-corrected chi connectivity index (χ1v) is 10.1. The molecule has 4 aromatic rings. The molecular weight excluding hydrogens is 426 g/mol. The third-order valence-corrected chi connectivity index (χ3v) is 5.12. The largest absolute Gasteiger partial charge is 0.504 e. The molecule has 0 radical (unpaired) electrons. The molecule has 0 aliphatic heterocycles. The van der Waals surface area contributed by atoms with E-state index in [0.29, 0.717) is 35.2 Å². The minimum Gasteiger partial charge on any atom is -0.504 e. The highest BCUT2D eigenvalue weighted by atomic mass is 16.4. The smallest absolute Gasteiger partial charge is 0.244 e. The molecule has 168 valence electrons. The van der Waals surface area contributed by atoms with E-state index in [0.717, 1.165) is 5.56 Å². The lowest BCUT2D eigenvalue weighted by Gasteiger charge is -2.04. The Morgan fingerprint density at radius 3 is 2.24 bits per heavy atom. The van der Waals surface area contributed by atoms with Crippen molar-refractivity contribution in [3.05, 3.63) is 71.8 Å². The summed E-state index contributed by atoms with van der Waals surface area (Å²) in [6, 6.07) is 13.5. The Kier molecular flexibility index (Phi) is 5.82. The Hall–Kier alpha value is -4.59. The quantitative estimate of drug-likeness (QED) is 0.194. The van der Waals surface area contributed by atoms with E-state index in [1.165, 1.54) is 36.4 Å². The summed E-state index contributed by atoms with van der Waals surface area (Å²) in [7, 11) is 0. The lowest BCUT2D eigenvalue weighted by atomic mass is 10.1. The molecule has 8 nitrogen and oxygen atoms in total. The van der Waals surface area contributed by atoms with Crippen molar-refractivity contribution in [2.75, 3.05) is 6.54 Å². The van der Waals surface area contributed by atoms with Crippen LogP contribution in [0.15, 0.2) is 65.1 Å². The van der Waals surface area contributed by atoms with Crippen molar-refractivity contribution < 1.29 is 34.7 Å². The number of fused-ring (bicyclic) bond motifs is 1. The summed E-state index contributed by atoms with van der Waals surface area (Å²) in [6.45, 7) is 0.332. The number of hydrogen-bond acceptors (Lipinski definition) is 7. The number of rotatable bonds is 6. The Balaban J connectivity index is 1.48. The standard InChI is InChI=1S/C25H21NO7/c27-18-5-1-14(11-21(18)30)9-10-26-24(32)8-4-15-2-7-20(29)25-17(15)13-23(33-25)16-3-6-19(28)22(31)12-16/h1-8,11-13,27-31H,9-10H2,(H,26,32)/b8-4+. The van der Waals surface area contributed by atoms with Gasteiger partial charge in [0, 0.05) is 23.6 Å². The molecule has 3 aromatic carbocycles. The van der Waals surface area contributed by atoms with Crippen molar-refractivity contribution in [2.45, 2.75) is 6.42 Å². The van der Waals surface area contributed by atoms with Crippen molar-refractivity contribution in [1.82, 2.24) is 5.32 Å². The van der Waals surface area contributed by atoms with Gasteiger partial charge in [0.1, 0.15) is 5.76 Å². The molecule has 1 amide bonds. The van der Waals surface area contributed by atoms with Gasteiger partial charge in [0.05, 0.1) is 0 Å². The maximum Gasteiger partial charge on any atom is 0.244 e. The van der Waals surface area contributed by atoms with E-state index >= 15 is 0 Å². The van der Waals surface area contributed by atoms with Gasteiger partial charge in [-0.1, -0.05) is 12.1 Å². The van der Waals surface area contributed by atoms with Crippen LogP contribution < -0.4 is 5.32 Å². The number of hydrogen-bond donors (Lipinski definition) is 6. The van der Waals surface area contributed by atoms with Crippen LogP contribution in [0.3, 0.4) is 0 Å². The van der Waals surface area contributed by atoms with Gasteiger partial charge in [0.2, 0.25) is 5.91 Å². The van der Waals surface area contributed by atoms with Gasteiger partial charge in [-0.15, -0.1) is 0 Å². The van der Waals surface area contributed by atoms with E-state index in [4.69, 9.17) is 4.42 Å². The van der Waals surface area contributed by atoms with Crippen LogP contribution in [0.25, 0.3) is 28.4 Å². The second kappa shape index (κ2) is 8.88. The summed E-state index contributed by atoms with van der Waals surface area (Å²) in [5.41, 5.74) is 2.14. The van der Waals surface area contributed by atoms with Gasteiger partial charge in [-0.2, -0.15) is 0 Å². The van der Waals surface area contributed by atoms with Crippen LogP contribution >= 0.6 is 0 Å². The van der Waals surface area contributed by atoms with Gasteiger partial charge < -0.3 is 35.3 Å². The first kappa shape index (κ1) is 21.6. The lowest BCUT2D eigenvalue weighted by molar-refractivity contribution is -0.116. The highest BCUT2D eigenvalue weighted by molar-refractivity contribution is 5.98. The van der Waals surface area contributed by atoms with Crippen LogP contribution in [-0.4, -0.2) is 38.0 Å². The highest BCUT2D eigenvalue weighted by Gasteiger charge is 2.14. The van der Waals surface area contributed by atoms with E-state index < -0.39 is 0 Å². The van der Waals surface area contributed by atoms with Crippen molar-refractivity contribution >= 4 is 23.0 Å². The second-order valence-corrected chi connectivity index (χ2v) is 7.43. The maximum absolute atomic E-state index is 12.2. The monoisotopic (exact) mass is 447 g/mol. The molecule has 0 bridgehead atoms. The molecule has 0 saturated heterocycles. The molecule has 0 aliphatic carbocycles. The summed E-state index contributed by atoms with van der Waals surface area (Å²) < 4.78 is 5.74. The fourth-order valence-corrected chi connectivity index (χ4v) is 3.37. The Labute approximate surface area is 188 Å². The van der Waals surface area contributed by atoms with Gasteiger partial charge in [0.15, 0.2) is 34.3 Å². The minimum absolute atomic E-state index is 0.0713. The molecule has 33 heavy (non-hydrogen) atoms. The van der Waals surface area contributed by atoms with E-state index in [2.05, 4.69) is 5.32 Å². The molecule has 0 spiro atoms. The number of amides is 1. The van der Waals surface area contributed by atoms with Gasteiger partial charge in [-0.25, -0.2) is 0 Å². The zero-order valence-corrected chi connectivity index (χ0v) is 17.3. The normalized spacial score (nSPS) is 11.3. The Morgan fingerprint density at radius 1 is 0.818 bits per heavy atom. The molecule has 1 heterocycles. The molecule has 8 heteroatoms. The lowest BCUT2D eigenvalue weighted by Crippen LogP contribution is -2.23. The van der Waals surface area contributed by atoms with Crippen LogP contribution in [0.4, 0.5) is 0 Å². The van der Waals surface area contributed by atoms with Crippen LogP contribution in [0.1, 0.15) is 11.1 Å². The maximum atomic E-state index is 12.2. The molecule has 0 fully saturated rings. The predicted octanol–water partition coefficient (Wildman–Crippen LogP) is 4.00. The number of carbonyl (C=O) groups excluding carboxylic acids is 1. The third-order valence-electron chi connectivity index (χ3n) is 5.12. The molecule has 0 aliphatic rings. The zero-order chi connectivity index (χ0) is 23.5. The summed E-state index contributed by atoms with van der Waals surface area (Å²) in [6.07, 6.45) is 3.43. The number of furan rings is 1.